The van der Waals surface area contributed by atoms with Crippen LogP contribution >= 0.6 is 0 Å². The molecule has 0 aromatic heterocycles. The third-order valence-electron chi connectivity index (χ3n) is 6.38. The van der Waals surface area contributed by atoms with Gasteiger partial charge in [-0.1, -0.05) is 59.7 Å². The molecule has 2 N–H and O–H groups in total. The van der Waals surface area contributed by atoms with E-state index < -0.39 is 0 Å². The van der Waals surface area contributed by atoms with E-state index in [-0.39, 0.29) is 29.5 Å². The van der Waals surface area contributed by atoms with Crippen LogP contribution in [-0.2, 0) is 22.7 Å². The number of likely N-dealkylation sites (tertiary alicyclic amines) is 1. The van der Waals surface area contributed by atoms with Crippen LogP contribution in [0.15, 0.2) is 72.8 Å². The van der Waals surface area contributed by atoms with Crippen molar-refractivity contribution in [2.24, 2.45) is 11.8 Å². The summed E-state index contributed by atoms with van der Waals surface area (Å²) < 4.78 is 13.3. The smallest absolute Gasteiger partial charge is 0.228 e. The fourth-order valence-corrected chi connectivity index (χ4v) is 4.82. The maximum atomic E-state index is 13.3. The molecule has 0 radical (unpaired) electrons. The highest BCUT2D eigenvalue weighted by molar-refractivity contribution is 5.93. The Kier molecular flexibility index (Phi) is 7.93. The van der Waals surface area contributed by atoms with E-state index in [2.05, 4.69) is 45.9 Å². The van der Waals surface area contributed by atoms with Crippen molar-refractivity contribution < 1.29 is 14.0 Å². The van der Waals surface area contributed by atoms with Crippen molar-refractivity contribution in [3.05, 3.63) is 101 Å². The van der Waals surface area contributed by atoms with Crippen molar-refractivity contribution in [1.29, 1.82) is 0 Å². The summed E-state index contributed by atoms with van der Waals surface area (Å²) in [5, 5.41) is 5.97. The number of hydrogen-bond acceptors (Lipinski definition) is 3. The van der Waals surface area contributed by atoms with E-state index in [4.69, 9.17) is 0 Å². The number of amides is 2. The van der Waals surface area contributed by atoms with Gasteiger partial charge >= 0.3 is 0 Å². The second-order valence-corrected chi connectivity index (χ2v) is 9.52. The Bertz CT molecular complexity index is 1140. The van der Waals surface area contributed by atoms with Crippen LogP contribution < -0.4 is 10.6 Å². The van der Waals surface area contributed by atoms with Crippen molar-refractivity contribution in [2.45, 2.75) is 33.4 Å². The summed E-state index contributed by atoms with van der Waals surface area (Å²) in [7, 11) is 0. The SMILES string of the molecule is Cc1cc(C)cc(CNC(=O)[C@H]2C[C@@H](C(=O)Nc3ccc(F)cc3)CN(Cc3ccccc3)C2)c1. The molecule has 5 nitrogen and oxygen atoms in total. The molecule has 3 aromatic carbocycles. The largest absolute Gasteiger partial charge is 0.352 e. The molecule has 1 heterocycles. The molecule has 182 valence electrons. The Morgan fingerprint density at radius 3 is 2.14 bits per heavy atom. The minimum Gasteiger partial charge on any atom is -0.352 e. The molecule has 6 heteroatoms. The number of hydrogen-bond donors (Lipinski definition) is 2. The highest BCUT2D eigenvalue weighted by Gasteiger charge is 2.35. The first-order valence-corrected chi connectivity index (χ1v) is 12.0. The third-order valence-corrected chi connectivity index (χ3v) is 6.38. The number of rotatable bonds is 7. The Morgan fingerprint density at radius 2 is 1.49 bits per heavy atom. The first-order chi connectivity index (χ1) is 16.9. The zero-order valence-corrected chi connectivity index (χ0v) is 20.3. The Morgan fingerprint density at radius 1 is 0.857 bits per heavy atom. The van der Waals surface area contributed by atoms with Crippen molar-refractivity contribution in [1.82, 2.24) is 10.2 Å². The number of carbonyl (C=O) groups is 2. The Labute approximate surface area is 206 Å². The van der Waals surface area contributed by atoms with Gasteiger partial charge in [0.1, 0.15) is 5.82 Å². The number of nitrogens with zero attached hydrogens (tertiary/aromatic N) is 1. The molecule has 4 rings (SSSR count). The molecule has 0 unspecified atom stereocenters. The van der Waals surface area contributed by atoms with E-state index in [1.807, 2.05) is 32.0 Å². The number of carbonyl (C=O) groups excluding carboxylic acids is 2. The monoisotopic (exact) mass is 473 g/mol. The number of nitrogens with one attached hydrogen (secondary N) is 2. The zero-order chi connectivity index (χ0) is 24.8. The summed E-state index contributed by atoms with van der Waals surface area (Å²) >= 11 is 0. The van der Waals surface area contributed by atoms with Crippen molar-refractivity contribution >= 4 is 17.5 Å². The van der Waals surface area contributed by atoms with Gasteiger partial charge in [0.2, 0.25) is 11.8 Å². The third kappa shape index (κ3) is 6.99. The van der Waals surface area contributed by atoms with E-state index in [0.29, 0.717) is 38.3 Å². The summed E-state index contributed by atoms with van der Waals surface area (Å²) in [5.41, 5.74) is 5.09. The van der Waals surface area contributed by atoms with Crippen molar-refractivity contribution in [3.63, 3.8) is 0 Å². The molecule has 0 saturated carbocycles. The average Bonchev–Trinajstić information content (AvgIpc) is 2.84. The number of benzene rings is 3. The number of piperidine rings is 1. The quantitative estimate of drug-likeness (QED) is 0.516. The fraction of sp³-hybridized carbons (Fsp3) is 0.310. The molecule has 1 saturated heterocycles. The molecular weight excluding hydrogens is 441 g/mol. The van der Waals surface area contributed by atoms with Crippen LogP contribution in [0.5, 0.6) is 0 Å². The molecular formula is C29H32FN3O2. The van der Waals surface area contributed by atoms with Crippen molar-refractivity contribution in [2.75, 3.05) is 18.4 Å². The standard InChI is InChI=1S/C29H32FN3O2/c1-20-12-21(2)14-23(13-20)16-31-28(34)24-15-25(29(35)32-27-10-8-26(30)9-11-27)19-33(18-24)17-22-6-4-3-5-7-22/h3-14,24-25H,15-19H2,1-2H3,(H,31,34)(H,32,35)/t24-,25+/m0/s1. The summed E-state index contributed by atoms with van der Waals surface area (Å²) in [5.74, 6) is -1.20. The van der Waals surface area contributed by atoms with Gasteiger partial charge in [0.15, 0.2) is 0 Å². The Balaban J connectivity index is 1.45. The second kappa shape index (κ2) is 11.3. The molecule has 1 aliphatic rings. The second-order valence-electron chi connectivity index (χ2n) is 9.52. The average molecular weight is 474 g/mol. The normalized spacial score (nSPS) is 18.1. The van der Waals surface area contributed by atoms with Crippen LogP contribution in [0.4, 0.5) is 10.1 Å². The zero-order valence-electron chi connectivity index (χ0n) is 20.3. The molecule has 0 bridgehead atoms. The topological polar surface area (TPSA) is 61.4 Å². The van der Waals surface area contributed by atoms with Gasteiger partial charge in [-0.05, 0) is 55.7 Å². The van der Waals surface area contributed by atoms with E-state index in [1.165, 1.54) is 23.3 Å². The van der Waals surface area contributed by atoms with Gasteiger partial charge < -0.3 is 10.6 Å². The van der Waals surface area contributed by atoms with E-state index in [9.17, 15) is 14.0 Å². The minimum atomic E-state index is -0.352. The van der Waals surface area contributed by atoms with E-state index in [1.54, 1.807) is 12.1 Å². The van der Waals surface area contributed by atoms with Gasteiger partial charge in [0, 0.05) is 31.9 Å². The molecule has 35 heavy (non-hydrogen) atoms. The van der Waals surface area contributed by atoms with E-state index in [0.717, 1.165) is 11.1 Å². The molecule has 1 aliphatic heterocycles. The summed E-state index contributed by atoms with van der Waals surface area (Å²) in [4.78, 5) is 28.5. The van der Waals surface area contributed by atoms with E-state index >= 15 is 0 Å². The summed E-state index contributed by atoms with van der Waals surface area (Å²) in [6.07, 6.45) is 0.469. The highest BCUT2D eigenvalue weighted by Crippen LogP contribution is 2.25. The number of anilines is 1. The molecule has 2 atom stereocenters. The molecule has 0 aliphatic carbocycles. The predicted molar refractivity (Wildman–Crippen MR) is 136 cm³/mol. The first kappa shape index (κ1) is 24.6. The summed E-state index contributed by atoms with van der Waals surface area (Å²) in [6, 6.07) is 22.1. The lowest BCUT2D eigenvalue weighted by Gasteiger charge is -2.36. The lowest BCUT2D eigenvalue weighted by Crippen LogP contribution is -2.48. The number of aryl methyl sites for hydroxylation is 2. The van der Waals surface area contributed by atoms with Gasteiger partial charge in [-0.25, -0.2) is 4.39 Å². The minimum absolute atomic E-state index is 0.0403. The number of halogens is 1. The van der Waals surface area contributed by atoms with Gasteiger partial charge in [-0.2, -0.15) is 0 Å². The highest BCUT2D eigenvalue weighted by atomic mass is 19.1. The van der Waals surface area contributed by atoms with Crippen LogP contribution in [0.25, 0.3) is 0 Å². The first-order valence-electron chi connectivity index (χ1n) is 12.0. The maximum absolute atomic E-state index is 13.3. The Hall–Kier alpha value is -3.51. The summed E-state index contributed by atoms with van der Waals surface area (Å²) in [6.45, 7) is 6.37. The molecule has 0 spiro atoms. The van der Waals surface area contributed by atoms with Gasteiger partial charge in [0.25, 0.3) is 0 Å². The fourth-order valence-electron chi connectivity index (χ4n) is 4.82. The molecule has 1 fully saturated rings. The van der Waals surface area contributed by atoms with Crippen LogP contribution in [0, 0.1) is 31.5 Å². The lowest BCUT2D eigenvalue weighted by molar-refractivity contribution is -0.130. The van der Waals surface area contributed by atoms with Gasteiger partial charge in [-0.15, -0.1) is 0 Å². The van der Waals surface area contributed by atoms with Crippen LogP contribution in [-0.4, -0.2) is 29.8 Å². The lowest BCUT2D eigenvalue weighted by atomic mass is 9.87. The molecule has 3 aromatic rings. The van der Waals surface area contributed by atoms with Crippen LogP contribution in [0.1, 0.15) is 28.7 Å². The van der Waals surface area contributed by atoms with Gasteiger partial charge in [0.05, 0.1) is 11.8 Å². The van der Waals surface area contributed by atoms with Crippen LogP contribution in [0.3, 0.4) is 0 Å². The van der Waals surface area contributed by atoms with Crippen LogP contribution in [0.2, 0.25) is 0 Å². The van der Waals surface area contributed by atoms with Gasteiger partial charge in [-0.3, -0.25) is 14.5 Å². The van der Waals surface area contributed by atoms with Crippen molar-refractivity contribution in [3.8, 4) is 0 Å². The molecule has 2 amide bonds. The maximum Gasteiger partial charge on any atom is 0.228 e. The predicted octanol–water partition coefficient (Wildman–Crippen LogP) is 4.84.